The molecule has 0 amide bonds. The lowest BCUT2D eigenvalue weighted by molar-refractivity contribution is 0.239. The van der Waals surface area contributed by atoms with Crippen LogP contribution in [-0.2, 0) is 0 Å². The highest BCUT2D eigenvalue weighted by molar-refractivity contribution is 7.15. The van der Waals surface area contributed by atoms with Crippen LogP contribution >= 0.6 is 11.3 Å². The van der Waals surface area contributed by atoms with Crippen molar-refractivity contribution in [2.75, 3.05) is 6.61 Å². The summed E-state index contributed by atoms with van der Waals surface area (Å²) in [5.74, 6) is 2.27. The third-order valence-corrected chi connectivity index (χ3v) is 4.43. The number of rotatable bonds is 4. The minimum Gasteiger partial charge on any atom is -0.459 e. The van der Waals surface area contributed by atoms with E-state index in [-0.39, 0.29) is 12.5 Å². The van der Waals surface area contributed by atoms with E-state index in [4.69, 9.17) is 4.42 Å². The van der Waals surface area contributed by atoms with Gasteiger partial charge in [0.25, 0.3) is 0 Å². The standard InChI is InChI=1S/C14H19NO2S/c1-8(2)11(7-16)13-10(4)15-14(18-13)12-6-5-9(3)17-12/h5-6,8,11,16H,7H2,1-4H3. The predicted molar refractivity (Wildman–Crippen MR) is 74.0 cm³/mol. The zero-order valence-electron chi connectivity index (χ0n) is 11.2. The summed E-state index contributed by atoms with van der Waals surface area (Å²) in [5, 5.41) is 10.4. The molecule has 0 spiro atoms. The van der Waals surface area contributed by atoms with E-state index in [0.717, 1.165) is 27.1 Å². The van der Waals surface area contributed by atoms with Gasteiger partial charge >= 0.3 is 0 Å². The average Bonchev–Trinajstić information content (AvgIpc) is 2.87. The second-order valence-corrected chi connectivity index (χ2v) is 5.94. The molecule has 0 saturated heterocycles. The Hall–Kier alpha value is -1.13. The monoisotopic (exact) mass is 265 g/mol. The molecule has 3 nitrogen and oxygen atoms in total. The molecule has 0 fully saturated rings. The Kier molecular flexibility index (Phi) is 3.88. The van der Waals surface area contributed by atoms with Crippen molar-refractivity contribution < 1.29 is 9.52 Å². The van der Waals surface area contributed by atoms with Gasteiger partial charge in [-0.05, 0) is 31.9 Å². The fourth-order valence-corrected chi connectivity index (χ4v) is 3.30. The van der Waals surface area contributed by atoms with Gasteiger partial charge in [0.2, 0.25) is 0 Å². The van der Waals surface area contributed by atoms with E-state index in [1.165, 1.54) is 0 Å². The Morgan fingerprint density at radius 1 is 1.33 bits per heavy atom. The summed E-state index contributed by atoms with van der Waals surface area (Å²) < 4.78 is 5.60. The maximum absolute atomic E-state index is 9.51. The Balaban J connectivity index is 2.37. The fourth-order valence-electron chi connectivity index (χ4n) is 2.00. The van der Waals surface area contributed by atoms with Crippen LogP contribution in [0.4, 0.5) is 0 Å². The average molecular weight is 265 g/mol. The first-order valence-electron chi connectivity index (χ1n) is 6.18. The van der Waals surface area contributed by atoms with Gasteiger partial charge in [0.05, 0.1) is 12.3 Å². The summed E-state index contributed by atoms with van der Waals surface area (Å²) in [4.78, 5) is 5.72. The molecular weight excluding hydrogens is 246 g/mol. The van der Waals surface area contributed by atoms with Crippen molar-refractivity contribution in [1.29, 1.82) is 0 Å². The van der Waals surface area contributed by atoms with E-state index in [2.05, 4.69) is 18.8 Å². The molecule has 0 aliphatic rings. The lowest BCUT2D eigenvalue weighted by Crippen LogP contribution is -2.10. The number of aryl methyl sites for hydroxylation is 2. The number of hydrogen-bond donors (Lipinski definition) is 1. The molecule has 4 heteroatoms. The molecule has 1 unspecified atom stereocenters. The number of thiazole rings is 1. The van der Waals surface area contributed by atoms with E-state index in [1.807, 2.05) is 26.0 Å². The quantitative estimate of drug-likeness (QED) is 0.915. The van der Waals surface area contributed by atoms with Gasteiger partial charge in [-0.3, -0.25) is 0 Å². The van der Waals surface area contributed by atoms with Crippen LogP contribution in [0.3, 0.4) is 0 Å². The second kappa shape index (κ2) is 5.24. The van der Waals surface area contributed by atoms with Gasteiger partial charge in [-0.1, -0.05) is 13.8 Å². The van der Waals surface area contributed by atoms with E-state index in [1.54, 1.807) is 11.3 Å². The number of aliphatic hydroxyl groups is 1. The van der Waals surface area contributed by atoms with E-state index in [9.17, 15) is 5.11 Å². The minimum atomic E-state index is 0.160. The summed E-state index contributed by atoms with van der Waals surface area (Å²) in [7, 11) is 0. The van der Waals surface area contributed by atoms with E-state index < -0.39 is 0 Å². The van der Waals surface area contributed by atoms with Crippen molar-refractivity contribution in [3.63, 3.8) is 0 Å². The fraction of sp³-hybridized carbons (Fsp3) is 0.500. The minimum absolute atomic E-state index is 0.160. The summed E-state index contributed by atoms with van der Waals surface area (Å²) >= 11 is 1.62. The van der Waals surface area contributed by atoms with Crippen molar-refractivity contribution in [3.05, 3.63) is 28.5 Å². The molecule has 0 saturated carbocycles. The molecule has 0 bridgehead atoms. The molecule has 0 aliphatic carbocycles. The van der Waals surface area contributed by atoms with Crippen molar-refractivity contribution in [2.24, 2.45) is 5.92 Å². The first kappa shape index (κ1) is 13.3. The van der Waals surface area contributed by atoms with E-state index in [0.29, 0.717) is 5.92 Å². The van der Waals surface area contributed by atoms with Crippen molar-refractivity contribution in [2.45, 2.75) is 33.6 Å². The van der Waals surface area contributed by atoms with Gasteiger partial charge in [0, 0.05) is 10.8 Å². The Bertz CT molecular complexity index is 528. The van der Waals surface area contributed by atoms with Crippen LogP contribution in [0.1, 0.15) is 36.1 Å². The van der Waals surface area contributed by atoms with Crippen molar-refractivity contribution >= 4 is 11.3 Å². The van der Waals surface area contributed by atoms with Crippen LogP contribution in [0.5, 0.6) is 0 Å². The number of aliphatic hydroxyl groups excluding tert-OH is 1. The molecular formula is C14H19NO2S. The first-order chi connectivity index (χ1) is 8.52. The van der Waals surface area contributed by atoms with Crippen LogP contribution in [-0.4, -0.2) is 16.7 Å². The molecule has 2 rings (SSSR count). The molecule has 98 valence electrons. The van der Waals surface area contributed by atoms with Gasteiger partial charge in [-0.25, -0.2) is 4.98 Å². The maximum atomic E-state index is 9.51. The predicted octanol–water partition coefficient (Wildman–Crippen LogP) is 3.75. The highest BCUT2D eigenvalue weighted by Gasteiger charge is 2.22. The highest BCUT2D eigenvalue weighted by Crippen LogP contribution is 2.36. The number of nitrogens with zero attached hydrogens (tertiary/aromatic N) is 1. The molecule has 2 aromatic heterocycles. The maximum Gasteiger partial charge on any atom is 0.162 e. The third-order valence-electron chi connectivity index (χ3n) is 3.12. The molecule has 1 atom stereocenters. The van der Waals surface area contributed by atoms with Crippen molar-refractivity contribution in [3.8, 4) is 10.8 Å². The van der Waals surface area contributed by atoms with Crippen LogP contribution in [0.15, 0.2) is 16.5 Å². The van der Waals surface area contributed by atoms with Crippen LogP contribution in [0, 0.1) is 19.8 Å². The zero-order chi connectivity index (χ0) is 13.3. The number of hydrogen-bond acceptors (Lipinski definition) is 4. The molecule has 1 N–H and O–H groups in total. The molecule has 0 aliphatic heterocycles. The zero-order valence-corrected chi connectivity index (χ0v) is 12.0. The summed E-state index contributed by atoms with van der Waals surface area (Å²) in [6.45, 7) is 8.33. The molecule has 0 radical (unpaired) electrons. The molecule has 2 aromatic rings. The van der Waals surface area contributed by atoms with Crippen LogP contribution < -0.4 is 0 Å². The second-order valence-electron chi connectivity index (χ2n) is 4.91. The molecule has 0 aromatic carbocycles. The SMILES string of the molecule is Cc1ccc(-c2nc(C)c(C(CO)C(C)C)s2)o1. The van der Waals surface area contributed by atoms with E-state index >= 15 is 0 Å². The smallest absolute Gasteiger partial charge is 0.162 e. The van der Waals surface area contributed by atoms with Gasteiger partial charge < -0.3 is 9.52 Å². The summed E-state index contributed by atoms with van der Waals surface area (Å²) in [6, 6.07) is 3.89. The van der Waals surface area contributed by atoms with Crippen molar-refractivity contribution in [1.82, 2.24) is 4.98 Å². The lowest BCUT2D eigenvalue weighted by Gasteiger charge is -2.16. The number of aromatic nitrogens is 1. The topological polar surface area (TPSA) is 46.3 Å². The van der Waals surface area contributed by atoms with Gasteiger partial charge in [0.1, 0.15) is 5.76 Å². The third kappa shape index (κ3) is 2.49. The first-order valence-corrected chi connectivity index (χ1v) is 6.99. The summed E-state index contributed by atoms with van der Waals surface area (Å²) in [5.41, 5.74) is 0.997. The van der Waals surface area contributed by atoms with Crippen LogP contribution in [0.25, 0.3) is 10.8 Å². The highest BCUT2D eigenvalue weighted by atomic mass is 32.1. The van der Waals surface area contributed by atoms with Gasteiger partial charge in [-0.2, -0.15) is 0 Å². The lowest BCUT2D eigenvalue weighted by atomic mass is 9.94. The largest absolute Gasteiger partial charge is 0.459 e. The summed E-state index contributed by atoms with van der Waals surface area (Å²) in [6.07, 6.45) is 0. The van der Waals surface area contributed by atoms with Gasteiger partial charge in [-0.15, -0.1) is 11.3 Å². The molecule has 2 heterocycles. The Labute approximate surface area is 111 Å². The van der Waals surface area contributed by atoms with Crippen LogP contribution in [0.2, 0.25) is 0 Å². The Morgan fingerprint density at radius 2 is 2.06 bits per heavy atom. The molecule has 18 heavy (non-hydrogen) atoms. The van der Waals surface area contributed by atoms with Gasteiger partial charge in [0.15, 0.2) is 10.8 Å². The number of furan rings is 1. The normalized spacial score (nSPS) is 13.2. The Morgan fingerprint density at radius 3 is 2.56 bits per heavy atom.